The van der Waals surface area contributed by atoms with Crippen LogP contribution in [0.15, 0.2) is 53.9 Å². The molecule has 0 aliphatic rings. The number of anilines is 1. The second-order valence-electron chi connectivity index (χ2n) is 13.2. The zero-order valence-corrected chi connectivity index (χ0v) is 29.3. The molecule has 11 heteroatoms. The van der Waals surface area contributed by atoms with Crippen molar-refractivity contribution in [1.82, 2.24) is 4.98 Å². The van der Waals surface area contributed by atoms with Crippen LogP contribution in [0.5, 0.6) is 11.5 Å². The average molecular weight is 640 g/mol. The van der Waals surface area contributed by atoms with Crippen LogP contribution in [0.3, 0.4) is 0 Å². The monoisotopic (exact) mass is 639 g/mol. The predicted octanol–water partition coefficient (Wildman–Crippen LogP) is 7.90. The van der Waals surface area contributed by atoms with Crippen molar-refractivity contribution < 1.29 is 23.7 Å². The number of rotatable bonds is 17. The molecule has 1 heterocycles. The number of nitrogens with zero attached hydrogens (tertiary/aromatic N) is 2. The van der Waals surface area contributed by atoms with Crippen LogP contribution in [0, 0.1) is 16.7 Å². The first-order valence-electron chi connectivity index (χ1n) is 14.6. The minimum atomic E-state index is -1.34. The summed E-state index contributed by atoms with van der Waals surface area (Å²) in [4.78, 5) is 17.9. The van der Waals surface area contributed by atoms with Crippen LogP contribution < -0.4 is 14.8 Å². The van der Waals surface area contributed by atoms with Gasteiger partial charge in [0.05, 0.1) is 11.8 Å². The number of carbonyl (C=O) groups is 1. The van der Waals surface area contributed by atoms with Crippen molar-refractivity contribution in [2.24, 2.45) is 5.41 Å². The number of nitrogens with one attached hydrogen (secondary N) is 1. The maximum atomic E-state index is 13.3. The number of hydrogen-bond donors (Lipinski definition) is 1. The third-order valence-electron chi connectivity index (χ3n) is 6.70. The molecule has 0 aliphatic heterocycles. The molecule has 232 valence electrons. The molecule has 0 fully saturated rings. The Labute approximate surface area is 262 Å². The lowest BCUT2D eigenvalue weighted by molar-refractivity contribution is -0.122. The van der Waals surface area contributed by atoms with E-state index >= 15 is 0 Å². The normalized spacial score (nSPS) is 13.2. The van der Waals surface area contributed by atoms with Crippen molar-refractivity contribution in [3.8, 4) is 28.8 Å². The molecule has 0 aliphatic carbocycles. The maximum Gasteiger partial charge on any atom is 0.246 e. The Morgan fingerprint density at radius 1 is 0.930 bits per heavy atom. The number of nitriles is 1. The lowest BCUT2D eigenvalue weighted by Gasteiger charge is -2.21. The van der Waals surface area contributed by atoms with Gasteiger partial charge in [0, 0.05) is 40.3 Å². The van der Waals surface area contributed by atoms with E-state index in [4.69, 9.17) is 18.9 Å². The smallest absolute Gasteiger partial charge is 0.246 e. The van der Waals surface area contributed by atoms with Crippen molar-refractivity contribution in [3.05, 3.63) is 59.5 Å². The summed E-state index contributed by atoms with van der Waals surface area (Å²) in [6.07, 6.45) is 0.173. The highest BCUT2D eigenvalue weighted by atomic mass is 32.1. The molecule has 1 N–H and O–H groups in total. The number of amides is 1. The number of carbonyl (C=O) groups excluding carboxylic acids is 1. The number of hydrogen-bond acceptors (Lipinski definition) is 8. The van der Waals surface area contributed by atoms with Gasteiger partial charge in [0.2, 0.25) is 5.91 Å². The quantitative estimate of drug-likeness (QED) is 0.0910. The summed E-state index contributed by atoms with van der Waals surface area (Å²) in [5, 5.41) is 15.3. The molecule has 0 saturated heterocycles. The highest BCUT2D eigenvalue weighted by Gasteiger charge is 2.34. The molecule has 1 amide bonds. The van der Waals surface area contributed by atoms with E-state index in [1.807, 2.05) is 41.8 Å². The van der Waals surface area contributed by atoms with Gasteiger partial charge in [0.15, 0.2) is 30.2 Å². The molecule has 0 saturated carbocycles. The lowest BCUT2D eigenvalue weighted by Crippen LogP contribution is -2.34. The largest absolute Gasteiger partial charge is 0.464 e. The standard InChI is InChI=1S/C32H45N3O5SSi2/c1-32(22-33,30(36)35-31-34-27(21-41-31)26-11-9-8-10-12-26)20-25-13-14-28(39-23-37-15-17-42(2,3)4)29(19-25)40-24-38-16-18-43(5,6)7/h8-14,19,21H,15-18,20,23-24H2,1-7H3,(H,34,35,36). The summed E-state index contributed by atoms with van der Waals surface area (Å²) >= 11 is 1.33. The first-order chi connectivity index (χ1) is 20.3. The molecular formula is C32H45N3O5SSi2. The second kappa shape index (κ2) is 15.6. The van der Waals surface area contributed by atoms with Crippen LogP contribution in [-0.2, 0) is 20.7 Å². The number of thiazole rings is 1. The number of benzene rings is 2. The Bertz CT molecular complexity index is 1370. The fraction of sp³-hybridized carbons (Fsp3) is 0.469. The average Bonchev–Trinajstić information content (AvgIpc) is 3.41. The highest BCUT2D eigenvalue weighted by Crippen LogP contribution is 2.33. The van der Waals surface area contributed by atoms with Gasteiger partial charge in [-0.3, -0.25) is 4.79 Å². The summed E-state index contributed by atoms with van der Waals surface area (Å²) in [6, 6.07) is 19.5. The van der Waals surface area contributed by atoms with Crippen LogP contribution in [0.4, 0.5) is 5.13 Å². The zero-order chi connectivity index (χ0) is 31.5. The first-order valence-corrected chi connectivity index (χ1v) is 22.9. The third kappa shape index (κ3) is 11.9. The van der Waals surface area contributed by atoms with Gasteiger partial charge < -0.3 is 24.3 Å². The number of aromatic nitrogens is 1. The summed E-state index contributed by atoms with van der Waals surface area (Å²) in [7, 11) is -2.42. The Balaban J connectivity index is 1.68. The second-order valence-corrected chi connectivity index (χ2v) is 25.3. The molecule has 1 atom stereocenters. The summed E-state index contributed by atoms with van der Waals surface area (Å²) in [6.45, 7) is 16.9. The first kappa shape index (κ1) is 34.5. The SMILES string of the molecule is CC(C#N)(Cc1ccc(OCOCC[Si](C)(C)C)c(OCOCC[Si](C)(C)C)c1)C(=O)Nc1nc(-c2ccccc2)cs1. The van der Waals surface area contributed by atoms with E-state index in [-0.39, 0.29) is 20.0 Å². The minimum Gasteiger partial charge on any atom is -0.464 e. The van der Waals surface area contributed by atoms with Crippen LogP contribution in [-0.4, -0.2) is 53.8 Å². The van der Waals surface area contributed by atoms with Crippen LogP contribution in [0.25, 0.3) is 11.3 Å². The molecule has 1 aromatic heterocycles. The highest BCUT2D eigenvalue weighted by molar-refractivity contribution is 7.14. The van der Waals surface area contributed by atoms with Crippen LogP contribution in [0.2, 0.25) is 51.4 Å². The maximum absolute atomic E-state index is 13.3. The lowest BCUT2D eigenvalue weighted by atomic mass is 9.84. The van der Waals surface area contributed by atoms with Gasteiger partial charge in [-0.25, -0.2) is 4.98 Å². The Morgan fingerprint density at radius 3 is 2.12 bits per heavy atom. The van der Waals surface area contributed by atoms with E-state index in [1.54, 1.807) is 19.1 Å². The Hall–Kier alpha value is -3.02. The molecule has 3 rings (SSSR count). The molecule has 0 radical (unpaired) electrons. The Morgan fingerprint density at radius 2 is 1.53 bits per heavy atom. The molecule has 43 heavy (non-hydrogen) atoms. The zero-order valence-electron chi connectivity index (χ0n) is 26.5. The summed E-state index contributed by atoms with van der Waals surface area (Å²) in [5.74, 6) is 0.578. The molecule has 3 aromatic rings. The molecule has 0 bridgehead atoms. The van der Waals surface area contributed by atoms with Gasteiger partial charge in [0.1, 0.15) is 5.41 Å². The third-order valence-corrected chi connectivity index (χ3v) is 10.9. The number of ether oxygens (including phenoxy) is 4. The molecule has 0 spiro atoms. The van der Waals surface area contributed by atoms with Gasteiger partial charge in [0.25, 0.3) is 0 Å². The van der Waals surface area contributed by atoms with Crippen molar-refractivity contribution in [3.63, 3.8) is 0 Å². The minimum absolute atomic E-state index is 0.0740. The Kier molecular flexibility index (Phi) is 12.5. The topological polar surface area (TPSA) is 103 Å². The van der Waals surface area contributed by atoms with E-state index in [2.05, 4.69) is 55.7 Å². The van der Waals surface area contributed by atoms with E-state index in [0.717, 1.165) is 28.9 Å². The van der Waals surface area contributed by atoms with E-state index in [1.165, 1.54) is 11.3 Å². The van der Waals surface area contributed by atoms with Crippen molar-refractivity contribution in [2.75, 3.05) is 32.1 Å². The predicted molar refractivity (Wildman–Crippen MR) is 179 cm³/mol. The van der Waals surface area contributed by atoms with Gasteiger partial charge in [-0.1, -0.05) is 75.7 Å². The van der Waals surface area contributed by atoms with Crippen molar-refractivity contribution in [1.29, 1.82) is 5.26 Å². The van der Waals surface area contributed by atoms with Crippen molar-refractivity contribution in [2.45, 2.75) is 64.7 Å². The van der Waals surface area contributed by atoms with E-state index in [9.17, 15) is 10.1 Å². The molecule has 8 nitrogen and oxygen atoms in total. The fourth-order valence-electron chi connectivity index (χ4n) is 3.87. The van der Waals surface area contributed by atoms with E-state index in [0.29, 0.717) is 29.8 Å². The van der Waals surface area contributed by atoms with Crippen LogP contribution >= 0.6 is 11.3 Å². The van der Waals surface area contributed by atoms with Crippen molar-refractivity contribution >= 4 is 38.5 Å². The van der Waals surface area contributed by atoms with E-state index < -0.39 is 27.5 Å². The fourth-order valence-corrected chi connectivity index (χ4v) is 6.09. The van der Waals surface area contributed by atoms with Gasteiger partial charge in [-0.2, -0.15) is 5.26 Å². The molecule has 2 aromatic carbocycles. The van der Waals surface area contributed by atoms with Gasteiger partial charge in [-0.05, 0) is 43.1 Å². The molecular weight excluding hydrogens is 595 g/mol. The molecule has 1 unspecified atom stereocenters. The summed E-state index contributed by atoms with van der Waals surface area (Å²) < 4.78 is 23.4. The van der Waals surface area contributed by atoms with Gasteiger partial charge in [-0.15, -0.1) is 11.3 Å². The summed E-state index contributed by atoms with van der Waals surface area (Å²) in [5.41, 5.74) is 1.15. The van der Waals surface area contributed by atoms with Crippen LogP contribution in [0.1, 0.15) is 12.5 Å². The van der Waals surface area contributed by atoms with Gasteiger partial charge >= 0.3 is 0 Å².